The van der Waals surface area contributed by atoms with Crippen LogP contribution in [0.3, 0.4) is 0 Å². The second kappa shape index (κ2) is 6.57. The van der Waals surface area contributed by atoms with E-state index in [2.05, 4.69) is 42.8 Å². The van der Waals surface area contributed by atoms with Crippen molar-refractivity contribution in [3.63, 3.8) is 0 Å². The highest BCUT2D eigenvalue weighted by Gasteiger charge is 2.14. The number of thiazole rings is 1. The lowest BCUT2D eigenvalue weighted by atomic mass is 10.1. The van der Waals surface area contributed by atoms with Gasteiger partial charge in [0, 0.05) is 30.2 Å². The van der Waals surface area contributed by atoms with Gasteiger partial charge in [-0.2, -0.15) is 0 Å². The second-order valence-corrected chi connectivity index (χ2v) is 7.36. The molecule has 0 radical (unpaired) electrons. The van der Waals surface area contributed by atoms with Gasteiger partial charge in [0.2, 0.25) is 0 Å². The molecule has 2 aromatic heterocycles. The maximum Gasteiger partial charge on any atom is 0.346 e. The van der Waals surface area contributed by atoms with Crippen molar-refractivity contribution in [2.75, 3.05) is 18.0 Å². The van der Waals surface area contributed by atoms with E-state index in [0.717, 1.165) is 34.4 Å². The third-order valence-electron chi connectivity index (χ3n) is 4.62. The molecule has 26 heavy (non-hydrogen) atoms. The van der Waals surface area contributed by atoms with Gasteiger partial charge >= 0.3 is 5.63 Å². The van der Waals surface area contributed by atoms with Crippen LogP contribution in [0.5, 0.6) is 0 Å². The molecule has 4 rings (SSSR count). The minimum atomic E-state index is -0.343. The van der Waals surface area contributed by atoms with Crippen LogP contribution in [0.1, 0.15) is 19.4 Å². The first-order chi connectivity index (χ1) is 12.6. The van der Waals surface area contributed by atoms with E-state index in [1.54, 1.807) is 0 Å². The summed E-state index contributed by atoms with van der Waals surface area (Å²) in [6, 6.07) is 14.0. The molecule has 2 aromatic carbocycles. The van der Waals surface area contributed by atoms with Gasteiger partial charge in [0.15, 0.2) is 0 Å². The molecule has 0 bridgehead atoms. The molecule has 0 fully saturated rings. The van der Waals surface area contributed by atoms with Crippen LogP contribution in [0, 0.1) is 6.92 Å². The summed E-state index contributed by atoms with van der Waals surface area (Å²) in [5.74, 6) is 0. The lowest BCUT2D eigenvalue weighted by Crippen LogP contribution is -2.21. The predicted octanol–water partition coefficient (Wildman–Crippen LogP) is 5.22. The van der Waals surface area contributed by atoms with Gasteiger partial charge in [0.1, 0.15) is 10.6 Å². The standard InChI is InChI=1S/C21H20N2O2S/c1-4-23(5-2)15-8-7-14-11-16(21(24)25-18(14)12-15)20-22-17-9-6-13(3)10-19(17)26-20/h6-12H,4-5H2,1-3H3. The van der Waals surface area contributed by atoms with E-state index in [-0.39, 0.29) is 5.63 Å². The van der Waals surface area contributed by atoms with Gasteiger partial charge in [-0.15, -0.1) is 11.3 Å². The average molecular weight is 364 g/mol. The van der Waals surface area contributed by atoms with Gasteiger partial charge in [0.25, 0.3) is 0 Å². The molecule has 4 nitrogen and oxygen atoms in total. The molecule has 0 amide bonds. The molecule has 0 atom stereocenters. The topological polar surface area (TPSA) is 46.3 Å². The predicted molar refractivity (Wildman–Crippen MR) is 109 cm³/mol. The normalized spacial score (nSPS) is 11.3. The van der Waals surface area contributed by atoms with Crippen LogP contribution in [0.4, 0.5) is 5.69 Å². The maximum absolute atomic E-state index is 12.6. The van der Waals surface area contributed by atoms with Crippen LogP contribution in [-0.2, 0) is 0 Å². The second-order valence-electron chi connectivity index (χ2n) is 6.33. The molecule has 5 heteroatoms. The van der Waals surface area contributed by atoms with Crippen LogP contribution in [-0.4, -0.2) is 18.1 Å². The minimum absolute atomic E-state index is 0.343. The summed E-state index contributed by atoms with van der Waals surface area (Å²) >= 11 is 1.52. The Kier molecular flexibility index (Phi) is 4.24. The molecule has 0 unspecified atom stereocenters. The maximum atomic E-state index is 12.6. The van der Waals surface area contributed by atoms with E-state index in [1.807, 2.05) is 30.3 Å². The quantitative estimate of drug-likeness (QED) is 0.466. The van der Waals surface area contributed by atoms with Gasteiger partial charge in [0.05, 0.1) is 15.8 Å². The highest BCUT2D eigenvalue weighted by molar-refractivity contribution is 7.21. The zero-order chi connectivity index (χ0) is 18.3. The van der Waals surface area contributed by atoms with Crippen LogP contribution in [0.2, 0.25) is 0 Å². The summed E-state index contributed by atoms with van der Waals surface area (Å²) < 4.78 is 6.71. The SMILES string of the molecule is CCN(CC)c1ccc2cc(-c3nc4ccc(C)cc4s3)c(=O)oc2c1. The number of aromatic nitrogens is 1. The first-order valence-electron chi connectivity index (χ1n) is 8.79. The fraction of sp³-hybridized carbons (Fsp3) is 0.238. The number of anilines is 1. The Morgan fingerprint density at radius 2 is 1.88 bits per heavy atom. The van der Waals surface area contributed by atoms with Crippen molar-refractivity contribution in [3.8, 4) is 10.6 Å². The monoisotopic (exact) mass is 364 g/mol. The highest BCUT2D eigenvalue weighted by atomic mass is 32.1. The molecule has 2 heterocycles. The van der Waals surface area contributed by atoms with Crippen LogP contribution < -0.4 is 10.5 Å². The summed E-state index contributed by atoms with van der Waals surface area (Å²) in [5.41, 5.74) is 3.94. The Labute approximate surface area is 155 Å². The lowest BCUT2D eigenvalue weighted by molar-refractivity contribution is 0.563. The molecule has 0 saturated heterocycles. The number of nitrogens with zero attached hydrogens (tertiary/aromatic N) is 2. The number of hydrogen-bond donors (Lipinski definition) is 0. The number of fused-ring (bicyclic) bond motifs is 2. The zero-order valence-corrected chi connectivity index (χ0v) is 15.9. The van der Waals surface area contributed by atoms with Gasteiger partial charge in [-0.3, -0.25) is 0 Å². The molecule has 0 spiro atoms. The third kappa shape index (κ3) is 2.88. The molecule has 0 aliphatic heterocycles. The summed E-state index contributed by atoms with van der Waals surface area (Å²) in [7, 11) is 0. The average Bonchev–Trinajstić information content (AvgIpc) is 3.05. The van der Waals surface area contributed by atoms with Gasteiger partial charge < -0.3 is 9.32 Å². The fourth-order valence-electron chi connectivity index (χ4n) is 3.18. The van der Waals surface area contributed by atoms with Crippen LogP contribution in [0.25, 0.3) is 31.8 Å². The Morgan fingerprint density at radius 1 is 1.08 bits per heavy atom. The third-order valence-corrected chi connectivity index (χ3v) is 5.67. The Morgan fingerprint density at radius 3 is 2.65 bits per heavy atom. The Hall–Kier alpha value is -2.66. The summed E-state index contributed by atoms with van der Waals surface area (Å²) in [4.78, 5) is 19.4. The molecule has 0 aliphatic rings. The summed E-state index contributed by atoms with van der Waals surface area (Å²) in [6.45, 7) is 8.10. The molecule has 0 saturated carbocycles. The zero-order valence-electron chi connectivity index (χ0n) is 15.1. The van der Waals surface area contributed by atoms with Crippen molar-refractivity contribution in [1.29, 1.82) is 0 Å². The van der Waals surface area contributed by atoms with Crippen LogP contribution >= 0.6 is 11.3 Å². The van der Waals surface area contributed by atoms with Crippen molar-refractivity contribution >= 4 is 38.2 Å². The van der Waals surface area contributed by atoms with E-state index < -0.39 is 0 Å². The smallest absolute Gasteiger partial charge is 0.346 e. The summed E-state index contributed by atoms with van der Waals surface area (Å²) in [6.07, 6.45) is 0. The van der Waals surface area contributed by atoms with Gasteiger partial charge in [-0.1, -0.05) is 6.07 Å². The van der Waals surface area contributed by atoms with Crippen molar-refractivity contribution in [3.05, 3.63) is 58.4 Å². The first kappa shape index (κ1) is 16.8. The van der Waals surface area contributed by atoms with E-state index in [0.29, 0.717) is 16.2 Å². The van der Waals surface area contributed by atoms with E-state index in [9.17, 15) is 4.79 Å². The van der Waals surface area contributed by atoms with E-state index >= 15 is 0 Å². The van der Waals surface area contributed by atoms with Crippen molar-refractivity contribution in [2.45, 2.75) is 20.8 Å². The Bertz CT molecular complexity index is 1160. The fourth-order valence-corrected chi connectivity index (χ4v) is 4.25. The minimum Gasteiger partial charge on any atom is -0.422 e. The lowest BCUT2D eigenvalue weighted by Gasteiger charge is -2.20. The number of hydrogen-bond acceptors (Lipinski definition) is 5. The first-order valence-corrected chi connectivity index (χ1v) is 9.61. The van der Waals surface area contributed by atoms with E-state index in [4.69, 9.17) is 4.42 Å². The van der Waals surface area contributed by atoms with Gasteiger partial charge in [-0.05, 0) is 56.7 Å². The molecule has 132 valence electrons. The molecule has 0 aliphatic carbocycles. The van der Waals surface area contributed by atoms with Crippen molar-refractivity contribution in [1.82, 2.24) is 4.98 Å². The van der Waals surface area contributed by atoms with Crippen LogP contribution in [0.15, 0.2) is 51.7 Å². The number of aryl methyl sites for hydroxylation is 1. The van der Waals surface area contributed by atoms with Gasteiger partial charge in [-0.25, -0.2) is 9.78 Å². The largest absolute Gasteiger partial charge is 0.422 e. The summed E-state index contributed by atoms with van der Waals surface area (Å²) in [5, 5.41) is 1.61. The molecular formula is C21H20N2O2S. The van der Waals surface area contributed by atoms with Crippen molar-refractivity contribution in [2.24, 2.45) is 0 Å². The molecule has 0 N–H and O–H groups in total. The molecule has 4 aromatic rings. The molecular weight excluding hydrogens is 344 g/mol. The van der Waals surface area contributed by atoms with E-state index in [1.165, 1.54) is 16.9 Å². The number of rotatable bonds is 4. The number of benzene rings is 2. The van der Waals surface area contributed by atoms with Crippen molar-refractivity contribution < 1.29 is 4.42 Å². The Balaban J connectivity index is 1.84. The highest BCUT2D eigenvalue weighted by Crippen LogP contribution is 2.31.